The zero-order valence-corrected chi connectivity index (χ0v) is 17.7. The Morgan fingerprint density at radius 3 is 2.60 bits per heavy atom. The first-order valence-electron chi connectivity index (χ1n) is 9.21. The number of anilines is 1. The van der Waals surface area contributed by atoms with E-state index in [0.717, 1.165) is 16.6 Å². The molecule has 0 aliphatic rings. The summed E-state index contributed by atoms with van der Waals surface area (Å²) in [6.45, 7) is 0. The summed E-state index contributed by atoms with van der Waals surface area (Å²) in [5.74, 6) is 0.567. The predicted octanol–water partition coefficient (Wildman–Crippen LogP) is 5.69. The van der Waals surface area contributed by atoms with Crippen LogP contribution in [0.5, 0.6) is 5.75 Å². The molecule has 150 valence electrons. The lowest BCUT2D eigenvalue weighted by atomic mass is 10.1. The highest BCUT2D eigenvalue weighted by atomic mass is 35.5. The SMILES string of the molecule is COc1ccc(Cl)cc1NC(=O)CSc1ccc(-c2ccc3ccccc3c2)nn1. The van der Waals surface area contributed by atoms with E-state index in [9.17, 15) is 4.79 Å². The van der Waals surface area contributed by atoms with Crippen LogP contribution >= 0.6 is 23.4 Å². The first-order chi connectivity index (χ1) is 14.6. The Morgan fingerprint density at radius 1 is 1.00 bits per heavy atom. The minimum atomic E-state index is -0.180. The number of fused-ring (bicyclic) bond motifs is 1. The maximum atomic E-state index is 12.3. The standard InChI is InChI=1S/C23H18ClN3O2S/c1-29-21-10-8-18(24)13-20(21)25-22(28)14-30-23-11-9-19(26-27-23)17-7-6-15-4-2-3-5-16(15)12-17/h2-13H,14H2,1H3,(H,25,28). The lowest BCUT2D eigenvalue weighted by molar-refractivity contribution is -0.113. The van der Waals surface area contributed by atoms with Crippen molar-refractivity contribution in [1.29, 1.82) is 0 Å². The third-order valence-electron chi connectivity index (χ3n) is 4.47. The van der Waals surface area contributed by atoms with Gasteiger partial charge < -0.3 is 10.1 Å². The molecule has 0 unspecified atom stereocenters. The molecule has 30 heavy (non-hydrogen) atoms. The van der Waals surface area contributed by atoms with Crippen LogP contribution in [-0.2, 0) is 4.79 Å². The lowest BCUT2D eigenvalue weighted by Gasteiger charge is -2.10. The van der Waals surface area contributed by atoms with Crippen LogP contribution in [0.3, 0.4) is 0 Å². The average molecular weight is 436 g/mol. The number of carbonyl (C=O) groups is 1. The van der Waals surface area contributed by atoms with Crippen LogP contribution in [0.2, 0.25) is 5.02 Å². The second-order valence-electron chi connectivity index (χ2n) is 6.50. The number of hydrogen-bond acceptors (Lipinski definition) is 5. The second-order valence-corrected chi connectivity index (χ2v) is 7.93. The van der Waals surface area contributed by atoms with E-state index in [1.807, 2.05) is 30.3 Å². The third-order valence-corrected chi connectivity index (χ3v) is 5.63. The zero-order valence-electron chi connectivity index (χ0n) is 16.1. The molecule has 4 aromatic rings. The largest absolute Gasteiger partial charge is 0.495 e. The number of thioether (sulfide) groups is 1. The third kappa shape index (κ3) is 4.72. The number of amides is 1. The summed E-state index contributed by atoms with van der Waals surface area (Å²) in [4.78, 5) is 12.3. The molecule has 1 N–H and O–H groups in total. The fourth-order valence-electron chi connectivity index (χ4n) is 3.00. The van der Waals surface area contributed by atoms with Gasteiger partial charge in [0.25, 0.3) is 0 Å². The van der Waals surface area contributed by atoms with E-state index in [1.54, 1.807) is 25.3 Å². The molecule has 3 aromatic carbocycles. The number of nitrogens with one attached hydrogen (secondary N) is 1. The number of rotatable bonds is 6. The van der Waals surface area contributed by atoms with Gasteiger partial charge >= 0.3 is 0 Å². The number of ether oxygens (including phenoxy) is 1. The summed E-state index contributed by atoms with van der Waals surface area (Å²) < 4.78 is 5.24. The summed E-state index contributed by atoms with van der Waals surface area (Å²) in [6, 6.07) is 23.2. The molecular weight excluding hydrogens is 418 g/mol. The van der Waals surface area contributed by atoms with Crippen molar-refractivity contribution in [3.8, 4) is 17.0 Å². The Balaban J connectivity index is 1.40. The van der Waals surface area contributed by atoms with E-state index < -0.39 is 0 Å². The van der Waals surface area contributed by atoms with E-state index in [4.69, 9.17) is 16.3 Å². The van der Waals surface area contributed by atoms with Crippen LogP contribution in [0.1, 0.15) is 0 Å². The van der Waals surface area contributed by atoms with Gasteiger partial charge in [-0.2, -0.15) is 0 Å². The zero-order chi connectivity index (χ0) is 20.9. The Bertz CT molecular complexity index is 1200. The monoisotopic (exact) mass is 435 g/mol. The van der Waals surface area contributed by atoms with E-state index >= 15 is 0 Å². The topological polar surface area (TPSA) is 64.1 Å². The molecule has 1 amide bonds. The second kappa shape index (κ2) is 9.15. The number of benzene rings is 3. The van der Waals surface area contributed by atoms with Crippen LogP contribution in [0.15, 0.2) is 77.8 Å². The molecule has 4 rings (SSSR count). The van der Waals surface area contributed by atoms with Crippen molar-refractivity contribution < 1.29 is 9.53 Å². The van der Waals surface area contributed by atoms with Crippen molar-refractivity contribution in [1.82, 2.24) is 10.2 Å². The van der Waals surface area contributed by atoms with Gasteiger partial charge in [-0.25, -0.2) is 0 Å². The fraction of sp³-hybridized carbons (Fsp3) is 0.0870. The molecule has 0 saturated heterocycles. The minimum Gasteiger partial charge on any atom is -0.495 e. The number of carbonyl (C=O) groups excluding carboxylic acids is 1. The van der Waals surface area contributed by atoms with Crippen LogP contribution in [0.4, 0.5) is 5.69 Å². The normalized spacial score (nSPS) is 10.7. The summed E-state index contributed by atoms with van der Waals surface area (Å²) in [6.07, 6.45) is 0. The van der Waals surface area contributed by atoms with Crippen molar-refractivity contribution in [2.45, 2.75) is 5.03 Å². The molecule has 0 spiro atoms. The maximum absolute atomic E-state index is 12.3. The van der Waals surface area contributed by atoms with Gasteiger partial charge in [0.05, 0.1) is 24.2 Å². The van der Waals surface area contributed by atoms with E-state index in [0.29, 0.717) is 21.5 Å². The van der Waals surface area contributed by atoms with Gasteiger partial charge in [0, 0.05) is 10.6 Å². The molecule has 1 aromatic heterocycles. The van der Waals surface area contributed by atoms with Gasteiger partial charge in [-0.15, -0.1) is 10.2 Å². The van der Waals surface area contributed by atoms with Gasteiger partial charge in [-0.3, -0.25) is 4.79 Å². The van der Waals surface area contributed by atoms with Gasteiger partial charge in [0.15, 0.2) is 0 Å². The summed E-state index contributed by atoms with van der Waals surface area (Å²) in [5, 5.41) is 14.9. The van der Waals surface area contributed by atoms with Crippen molar-refractivity contribution >= 4 is 45.7 Å². The smallest absolute Gasteiger partial charge is 0.234 e. The number of hydrogen-bond donors (Lipinski definition) is 1. The van der Waals surface area contributed by atoms with Gasteiger partial charge in [-0.1, -0.05) is 59.8 Å². The molecule has 0 aliphatic carbocycles. The van der Waals surface area contributed by atoms with Gasteiger partial charge in [0.2, 0.25) is 5.91 Å². The molecule has 0 radical (unpaired) electrons. The van der Waals surface area contributed by atoms with Crippen molar-refractivity contribution in [3.63, 3.8) is 0 Å². The quantitative estimate of drug-likeness (QED) is 0.394. The van der Waals surface area contributed by atoms with Gasteiger partial charge in [0.1, 0.15) is 10.8 Å². The number of methoxy groups -OCH3 is 1. The highest BCUT2D eigenvalue weighted by molar-refractivity contribution is 7.99. The van der Waals surface area contributed by atoms with Crippen molar-refractivity contribution in [2.24, 2.45) is 0 Å². The number of aromatic nitrogens is 2. The molecule has 0 bridgehead atoms. The van der Waals surface area contributed by atoms with Gasteiger partial charge in [-0.05, 0) is 47.2 Å². The Kier molecular flexibility index (Phi) is 6.16. The Hall–Kier alpha value is -3.09. The maximum Gasteiger partial charge on any atom is 0.234 e. The average Bonchev–Trinajstić information content (AvgIpc) is 2.78. The summed E-state index contributed by atoms with van der Waals surface area (Å²) >= 11 is 7.31. The summed E-state index contributed by atoms with van der Waals surface area (Å²) in [7, 11) is 1.54. The highest BCUT2D eigenvalue weighted by Gasteiger charge is 2.10. The Labute approximate surface area is 183 Å². The first-order valence-corrected chi connectivity index (χ1v) is 10.6. The fourth-order valence-corrected chi connectivity index (χ4v) is 3.79. The van der Waals surface area contributed by atoms with Crippen LogP contribution < -0.4 is 10.1 Å². The lowest BCUT2D eigenvalue weighted by Crippen LogP contribution is -2.14. The highest BCUT2D eigenvalue weighted by Crippen LogP contribution is 2.28. The van der Waals surface area contributed by atoms with Crippen LogP contribution in [0.25, 0.3) is 22.0 Å². The first kappa shape index (κ1) is 20.2. The molecule has 0 saturated carbocycles. The molecule has 0 fully saturated rings. The Morgan fingerprint density at radius 2 is 1.83 bits per heavy atom. The molecule has 5 nitrogen and oxygen atoms in total. The predicted molar refractivity (Wildman–Crippen MR) is 122 cm³/mol. The van der Waals surface area contributed by atoms with Crippen LogP contribution in [-0.4, -0.2) is 29.0 Å². The molecule has 0 aliphatic heterocycles. The number of nitrogens with zero attached hydrogens (tertiary/aromatic N) is 2. The molecule has 0 atom stereocenters. The summed E-state index contributed by atoms with van der Waals surface area (Å²) in [5.41, 5.74) is 2.33. The van der Waals surface area contributed by atoms with Crippen LogP contribution in [0, 0.1) is 0 Å². The van der Waals surface area contributed by atoms with Crippen molar-refractivity contribution in [3.05, 3.63) is 77.8 Å². The minimum absolute atomic E-state index is 0.180. The van der Waals surface area contributed by atoms with E-state index in [-0.39, 0.29) is 11.7 Å². The van der Waals surface area contributed by atoms with E-state index in [2.05, 4.69) is 39.8 Å². The number of halogens is 1. The van der Waals surface area contributed by atoms with Crippen molar-refractivity contribution in [2.75, 3.05) is 18.2 Å². The molecule has 1 heterocycles. The molecule has 7 heteroatoms. The molecular formula is C23H18ClN3O2S. The van der Waals surface area contributed by atoms with E-state index in [1.165, 1.54) is 17.1 Å².